The van der Waals surface area contributed by atoms with Gasteiger partial charge in [0.2, 0.25) is 0 Å². The summed E-state index contributed by atoms with van der Waals surface area (Å²) in [6.45, 7) is 12.9. The van der Waals surface area contributed by atoms with Gasteiger partial charge in [0.05, 0.1) is 16.8 Å². The molecule has 0 bridgehead atoms. The smallest absolute Gasteiger partial charge is 0.419 e. The van der Waals surface area contributed by atoms with Crippen molar-refractivity contribution in [3.63, 3.8) is 0 Å². The highest BCUT2D eigenvalue weighted by atomic mass is 28.3. The Morgan fingerprint density at radius 2 is 1.81 bits per heavy atom. The van der Waals surface area contributed by atoms with Crippen molar-refractivity contribution >= 4 is 30.8 Å². The van der Waals surface area contributed by atoms with Gasteiger partial charge < -0.3 is 15.2 Å². The predicted molar refractivity (Wildman–Crippen MR) is 132 cm³/mol. The standard InChI is InChI=1S/C24H33N3O4Si/c1-24(2,3)31-23(29)27-20-10-8-7-9-17(20)13-21(27)19-14-18(25)15-26(22(19)28)16-30-11-12-32(4,5)6/h7-10,13-15H,11-12,16,25H2,1-6H3. The largest absolute Gasteiger partial charge is 0.443 e. The van der Waals surface area contributed by atoms with E-state index in [1.54, 1.807) is 12.3 Å². The summed E-state index contributed by atoms with van der Waals surface area (Å²) in [4.78, 5) is 26.4. The highest BCUT2D eigenvalue weighted by Crippen LogP contribution is 2.28. The molecule has 2 heterocycles. The van der Waals surface area contributed by atoms with Gasteiger partial charge in [0.25, 0.3) is 5.56 Å². The van der Waals surface area contributed by atoms with Crippen LogP contribution in [0.25, 0.3) is 22.2 Å². The number of hydrogen-bond acceptors (Lipinski definition) is 5. The van der Waals surface area contributed by atoms with Gasteiger partial charge in [-0.3, -0.25) is 9.36 Å². The average molecular weight is 456 g/mol. The lowest BCUT2D eigenvalue weighted by atomic mass is 10.1. The molecule has 0 saturated heterocycles. The van der Waals surface area contributed by atoms with E-state index in [4.69, 9.17) is 15.2 Å². The monoisotopic (exact) mass is 455 g/mol. The molecule has 2 N–H and O–H groups in total. The summed E-state index contributed by atoms with van der Waals surface area (Å²) in [5.74, 6) is 0. The van der Waals surface area contributed by atoms with Gasteiger partial charge in [-0.2, -0.15) is 0 Å². The minimum Gasteiger partial charge on any atom is -0.443 e. The van der Waals surface area contributed by atoms with Crippen LogP contribution in [0.4, 0.5) is 10.5 Å². The summed E-state index contributed by atoms with van der Waals surface area (Å²) in [5, 5.41) is 0.827. The molecule has 0 radical (unpaired) electrons. The van der Waals surface area contributed by atoms with Crippen molar-refractivity contribution in [2.24, 2.45) is 0 Å². The summed E-state index contributed by atoms with van der Waals surface area (Å²) in [7, 11) is -1.23. The summed E-state index contributed by atoms with van der Waals surface area (Å²) in [6, 6.07) is 11.9. The topological polar surface area (TPSA) is 88.5 Å². The third-order valence-corrected chi connectivity index (χ3v) is 6.60. The maximum atomic E-state index is 13.3. The Balaban J connectivity index is 2.05. The molecule has 0 unspecified atom stereocenters. The third kappa shape index (κ3) is 5.69. The molecule has 0 atom stereocenters. The number of anilines is 1. The first-order valence-electron chi connectivity index (χ1n) is 10.8. The number of aromatic nitrogens is 2. The molecule has 7 nitrogen and oxygen atoms in total. The molecular weight excluding hydrogens is 422 g/mol. The fourth-order valence-corrected chi connectivity index (χ4v) is 4.09. The Morgan fingerprint density at radius 1 is 1.12 bits per heavy atom. The van der Waals surface area contributed by atoms with Gasteiger partial charge in [0, 0.05) is 32.0 Å². The van der Waals surface area contributed by atoms with Crippen molar-refractivity contribution in [1.29, 1.82) is 0 Å². The van der Waals surface area contributed by atoms with Crippen molar-refractivity contribution in [2.75, 3.05) is 12.3 Å². The first-order chi connectivity index (χ1) is 14.9. The molecule has 172 valence electrons. The highest BCUT2D eigenvalue weighted by molar-refractivity contribution is 6.76. The van der Waals surface area contributed by atoms with Gasteiger partial charge in [-0.25, -0.2) is 9.36 Å². The van der Waals surface area contributed by atoms with Gasteiger partial charge >= 0.3 is 6.09 Å². The van der Waals surface area contributed by atoms with E-state index in [9.17, 15) is 9.59 Å². The average Bonchev–Trinajstić information content (AvgIpc) is 3.04. The number of hydrogen-bond donors (Lipinski definition) is 1. The molecular formula is C24H33N3O4Si. The molecule has 0 amide bonds. The molecule has 0 aliphatic rings. The minimum atomic E-state index is -1.23. The van der Waals surface area contributed by atoms with Crippen molar-refractivity contribution < 1.29 is 14.3 Å². The summed E-state index contributed by atoms with van der Waals surface area (Å²) >= 11 is 0. The van der Waals surface area contributed by atoms with Crippen LogP contribution in [0.5, 0.6) is 0 Å². The first kappa shape index (κ1) is 23.8. The number of benzene rings is 1. The van der Waals surface area contributed by atoms with E-state index < -0.39 is 19.8 Å². The van der Waals surface area contributed by atoms with E-state index in [0.29, 0.717) is 29.1 Å². The Kier molecular flexibility index (Phi) is 6.66. The Morgan fingerprint density at radius 3 is 2.47 bits per heavy atom. The SMILES string of the molecule is CC(C)(C)OC(=O)n1c(-c2cc(N)cn(COCC[Si](C)(C)C)c2=O)cc2ccccc21. The summed E-state index contributed by atoms with van der Waals surface area (Å²) < 4.78 is 14.3. The molecule has 0 spiro atoms. The number of fused-ring (bicyclic) bond motifs is 1. The van der Waals surface area contributed by atoms with Crippen LogP contribution >= 0.6 is 0 Å². The fourth-order valence-electron chi connectivity index (χ4n) is 3.34. The van der Waals surface area contributed by atoms with Crippen LogP contribution in [-0.2, 0) is 16.2 Å². The Labute approximate surface area is 189 Å². The molecule has 1 aromatic carbocycles. The van der Waals surface area contributed by atoms with E-state index in [-0.39, 0.29) is 12.3 Å². The number of nitrogens with two attached hydrogens (primary N) is 1. The third-order valence-electron chi connectivity index (χ3n) is 4.90. The van der Waals surface area contributed by atoms with Crippen molar-refractivity contribution in [1.82, 2.24) is 9.13 Å². The number of carbonyl (C=O) groups excluding carboxylic acids is 1. The lowest BCUT2D eigenvalue weighted by Gasteiger charge is -2.21. The number of ether oxygens (including phenoxy) is 2. The molecule has 3 rings (SSSR count). The van der Waals surface area contributed by atoms with Crippen LogP contribution in [0.1, 0.15) is 20.8 Å². The second-order valence-corrected chi connectivity index (χ2v) is 15.8. The molecule has 32 heavy (non-hydrogen) atoms. The van der Waals surface area contributed by atoms with Crippen LogP contribution in [-0.4, -0.2) is 35.5 Å². The molecule has 0 aliphatic carbocycles. The zero-order chi connectivity index (χ0) is 23.7. The fraction of sp³-hybridized carbons (Fsp3) is 0.417. The van der Waals surface area contributed by atoms with Gasteiger partial charge in [-0.15, -0.1) is 0 Å². The van der Waals surface area contributed by atoms with Crippen molar-refractivity contribution in [3.05, 3.63) is 52.9 Å². The van der Waals surface area contributed by atoms with Crippen LogP contribution in [0.15, 0.2) is 47.4 Å². The lowest BCUT2D eigenvalue weighted by Crippen LogP contribution is -2.29. The zero-order valence-electron chi connectivity index (χ0n) is 19.8. The van der Waals surface area contributed by atoms with E-state index in [1.807, 2.05) is 51.1 Å². The highest BCUT2D eigenvalue weighted by Gasteiger charge is 2.24. The summed E-state index contributed by atoms with van der Waals surface area (Å²) in [6.07, 6.45) is 1.02. The van der Waals surface area contributed by atoms with Crippen LogP contribution in [0.3, 0.4) is 0 Å². The van der Waals surface area contributed by atoms with Crippen LogP contribution in [0, 0.1) is 0 Å². The second-order valence-electron chi connectivity index (χ2n) is 10.2. The maximum absolute atomic E-state index is 13.3. The number of nitrogens with zero attached hydrogens (tertiary/aromatic N) is 2. The van der Waals surface area contributed by atoms with E-state index in [0.717, 1.165) is 11.4 Å². The van der Waals surface area contributed by atoms with Crippen LogP contribution < -0.4 is 11.3 Å². The molecule has 0 saturated carbocycles. The van der Waals surface area contributed by atoms with Gasteiger partial charge in [-0.1, -0.05) is 37.8 Å². The molecule has 3 aromatic rings. The van der Waals surface area contributed by atoms with Crippen LogP contribution in [0.2, 0.25) is 25.7 Å². The number of rotatable bonds is 6. The van der Waals surface area contributed by atoms with E-state index in [2.05, 4.69) is 19.6 Å². The number of pyridine rings is 1. The van der Waals surface area contributed by atoms with Crippen molar-refractivity contribution in [2.45, 2.75) is 58.8 Å². The molecule has 8 heteroatoms. The predicted octanol–water partition coefficient (Wildman–Crippen LogP) is 5.15. The first-order valence-corrected chi connectivity index (χ1v) is 14.5. The molecule has 0 aliphatic heterocycles. The molecule has 0 fully saturated rings. The minimum absolute atomic E-state index is 0.105. The Bertz CT molecular complexity index is 1180. The van der Waals surface area contributed by atoms with Gasteiger partial charge in [-0.05, 0) is 45.0 Å². The Hall–Kier alpha value is -2.84. The summed E-state index contributed by atoms with van der Waals surface area (Å²) in [5.41, 5.74) is 7.00. The second kappa shape index (κ2) is 8.95. The number of nitrogen functional groups attached to an aromatic ring is 1. The maximum Gasteiger partial charge on any atom is 0.419 e. The van der Waals surface area contributed by atoms with Crippen molar-refractivity contribution in [3.8, 4) is 11.3 Å². The zero-order valence-corrected chi connectivity index (χ0v) is 20.8. The molecule has 2 aromatic heterocycles. The van der Waals surface area contributed by atoms with Gasteiger partial charge in [0.1, 0.15) is 12.3 Å². The normalized spacial score (nSPS) is 12.3. The van der Waals surface area contributed by atoms with Gasteiger partial charge in [0.15, 0.2) is 0 Å². The van der Waals surface area contributed by atoms with E-state index in [1.165, 1.54) is 9.13 Å². The number of para-hydroxylation sites is 1. The number of carbonyl (C=O) groups is 1. The lowest BCUT2D eigenvalue weighted by molar-refractivity contribution is 0.0547. The quantitative estimate of drug-likeness (QED) is 0.410. The van der Waals surface area contributed by atoms with E-state index >= 15 is 0 Å².